The largest absolute Gasteiger partial charge is 0.383 e. The van der Waals surface area contributed by atoms with E-state index in [9.17, 15) is 4.79 Å². The molecule has 0 spiro atoms. The topological polar surface area (TPSA) is 42.4 Å². The molecular weight excluding hydrogens is 328 g/mol. The van der Waals surface area contributed by atoms with Crippen molar-refractivity contribution in [2.24, 2.45) is 0 Å². The van der Waals surface area contributed by atoms with Gasteiger partial charge in [-0.25, -0.2) is 4.98 Å². The van der Waals surface area contributed by atoms with Crippen LogP contribution in [0.1, 0.15) is 32.4 Å². The van der Waals surface area contributed by atoms with Crippen molar-refractivity contribution in [1.29, 1.82) is 0 Å². The van der Waals surface area contributed by atoms with Gasteiger partial charge in [-0.15, -0.1) is 11.3 Å². The molecule has 0 N–H and O–H groups in total. The Bertz CT molecular complexity index is 592. The van der Waals surface area contributed by atoms with Crippen molar-refractivity contribution in [1.82, 2.24) is 9.88 Å². The predicted molar refractivity (Wildman–Crippen MR) is 97.1 cm³/mol. The number of ether oxygens (including phenoxy) is 1. The number of carbonyl (C=O) groups excluding carboxylic acids is 1. The minimum absolute atomic E-state index is 0.137. The molecule has 0 aliphatic rings. The Balaban J connectivity index is 2.05. The highest BCUT2D eigenvalue weighted by Crippen LogP contribution is 2.26. The number of methoxy groups -OCH3 is 1. The first-order valence-electron chi connectivity index (χ1n) is 7.94. The van der Waals surface area contributed by atoms with Crippen LogP contribution in [0.15, 0.2) is 22.2 Å². The van der Waals surface area contributed by atoms with Crippen molar-refractivity contribution in [3.63, 3.8) is 0 Å². The normalized spacial score (nSPS) is 11.1. The van der Waals surface area contributed by atoms with E-state index in [-0.39, 0.29) is 11.9 Å². The van der Waals surface area contributed by atoms with Crippen LogP contribution >= 0.6 is 22.7 Å². The van der Waals surface area contributed by atoms with Gasteiger partial charge in [0, 0.05) is 36.0 Å². The molecule has 0 unspecified atom stereocenters. The summed E-state index contributed by atoms with van der Waals surface area (Å²) >= 11 is 3.26. The van der Waals surface area contributed by atoms with Gasteiger partial charge >= 0.3 is 0 Å². The van der Waals surface area contributed by atoms with Crippen LogP contribution in [0, 0.1) is 0 Å². The summed E-state index contributed by atoms with van der Waals surface area (Å²) in [6.07, 6.45) is 2.28. The smallest absolute Gasteiger partial charge is 0.228 e. The molecule has 0 aliphatic heterocycles. The Morgan fingerprint density at radius 1 is 1.35 bits per heavy atom. The molecule has 23 heavy (non-hydrogen) atoms. The first-order chi connectivity index (χ1) is 11.2. The second kappa shape index (κ2) is 9.15. The zero-order valence-corrected chi connectivity index (χ0v) is 15.6. The number of amides is 1. The molecule has 0 radical (unpaired) electrons. The SMILES string of the molecule is CCC(CC)N(CCOC)C(=O)Cc1csc(-c2ccsc2)n1. The molecule has 0 atom stereocenters. The molecular formula is C17H24N2O2S2. The van der Waals surface area contributed by atoms with E-state index in [1.54, 1.807) is 29.8 Å². The van der Waals surface area contributed by atoms with Crippen LogP contribution in [-0.4, -0.2) is 42.1 Å². The fraction of sp³-hybridized carbons (Fsp3) is 0.529. The standard InChI is InChI=1S/C17H24N2O2S2/c1-4-15(5-2)19(7-8-21-3)16(20)10-14-12-23-17(18-14)13-6-9-22-11-13/h6,9,11-12,15H,4-5,7-8,10H2,1-3H3. The highest BCUT2D eigenvalue weighted by Gasteiger charge is 2.21. The Morgan fingerprint density at radius 2 is 2.13 bits per heavy atom. The molecule has 4 nitrogen and oxygen atoms in total. The lowest BCUT2D eigenvalue weighted by molar-refractivity contribution is -0.133. The highest BCUT2D eigenvalue weighted by atomic mass is 32.1. The third kappa shape index (κ3) is 4.86. The van der Waals surface area contributed by atoms with Gasteiger partial charge in [0.25, 0.3) is 0 Å². The van der Waals surface area contributed by atoms with Gasteiger partial charge in [-0.1, -0.05) is 13.8 Å². The first-order valence-corrected chi connectivity index (χ1v) is 9.77. The molecule has 2 heterocycles. The second-order valence-corrected chi connectivity index (χ2v) is 7.02. The summed E-state index contributed by atoms with van der Waals surface area (Å²) in [6, 6.07) is 2.33. The number of rotatable bonds is 9. The minimum atomic E-state index is 0.137. The zero-order chi connectivity index (χ0) is 16.7. The maximum Gasteiger partial charge on any atom is 0.228 e. The van der Waals surface area contributed by atoms with Crippen molar-refractivity contribution in [3.05, 3.63) is 27.9 Å². The molecule has 0 bridgehead atoms. The van der Waals surface area contributed by atoms with E-state index in [4.69, 9.17) is 4.74 Å². The number of hydrogen-bond donors (Lipinski definition) is 0. The lowest BCUT2D eigenvalue weighted by atomic mass is 10.1. The van der Waals surface area contributed by atoms with Crippen LogP contribution in [0.3, 0.4) is 0 Å². The molecule has 6 heteroatoms. The summed E-state index contributed by atoms with van der Waals surface area (Å²) in [7, 11) is 1.67. The van der Waals surface area contributed by atoms with Crippen molar-refractivity contribution < 1.29 is 9.53 Å². The van der Waals surface area contributed by atoms with Crippen molar-refractivity contribution in [2.45, 2.75) is 39.2 Å². The van der Waals surface area contributed by atoms with Gasteiger partial charge in [-0.2, -0.15) is 11.3 Å². The van der Waals surface area contributed by atoms with Gasteiger partial charge in [0.1, 0.15) is 5.01 Å². The third-order valence-corrected chi connectivity index (χ3v) is 5.52. The molecule has 0 fully saturated rings. The summed E-state index contributed by atoms with van der Waals surface area (Å²) in [5.41, 5.74) is 1.99. The van der Waals surface area contributed by atoms with E-state index in [2.05, 4.69) is 30.3 Å². The lowest BCUT2D eigenvalue weighted by Gasteiger charge is -2.30. The van der Waals surface area contributed by atoms with Gasteiger partial charge in [0.05, 0.1) is 18.7 Å². The summed E-state index contributed by atoms with van der Waals surface area (Å²) in [5, 5.41) is 7.10. The molecule has 2 rings (SSSR count). The van der Waals surface area contributed by atoms with Crippen LogP contribution in [-0.2, 0) is 16.0 Å². The molecule has 1 amide bonds. The number of thiophene rings is 1. The van der Waals surface area contributed by atoms with Gasteiger partial charge in [0.2, 0.25) is 5.91 Å². The van der Waals surface area contributed by atoms with E-state index < -0.39 is 0 Å². The van der Waals surface area contributed by atoms with Gasteiger partial charge < -0.3 is 9.64 Å². The lowest BCUT2D eigenvalue weighted by Crippen LogP contribution is -2.42. The third-order valence-electron chi connectivity index (χ3n) is 3.89. The molecule has 0 saturated heterocycles. The van der Waals surface area contributed by atoms with Gasteiger partial charge in [-0.3, -0.25) is 4.79 Å². The van der Waals surface area contributed by atoms with E-state index in [0.717, 1.165) is 29.1 Å². The fourth-order valence-corrected chi connectivity index (χ4v) is 4.13. The van der Waals surface area contributed by atoms with E-state index in [1.165, 1.54) is 0 Å². The van der Waals surface area contributed by atoms with E-state index in [0.29, 0.717) is 19.6 Å². The van der Waals surface area contributed by atoms with Gasteiger partial charge in [-0.05, 0) is 24.3 Å². The minimum Gasteiger partial charge on any atom is -0.383 e. The number of hydrogen-bond acceptors (Lipinski definition) is 5. The second-order valence-electron chi connectivity index (χ2n) is 5.38. The maximum atomic E-state index is 12.7. The van der Waals surface area contributed by atoms with Gasteiger partial charge in [0.15, 0.2) is 0 Å². The molecule has 0 saturated carbocycles. The average Bonchev–Trinajstić information content (AvgIpc) is 3.22. The molecule has 0 aliphatic carbocycles. The Labute approximate surface area is 146 Å². The summed E-state index contributed by atoms with van der Waals surface area (Å²) in [4.78, 5) is 19.3. The van der Waals surface area contributed by atoms with Crippen molar-refractivity contribution in [3.8, 4) is 10.6 Å². The number of nitrogens with zero attached hydrogens (tertiary/aromatic N) is 2. The molecule has 2 aromatic heterocycles. The Hall–Kier alpha value is -1.24. The summed E-state index contributed by atoms with van der Waals surface area (Å²) in [6.45, 7) is 5.46. The van der Waals surface area contributed by atoms with E-state index in [1.807, 2.05) is 15.7 Å². The quantitative estimate of drug-likeness (QED) is 0.683. The van der Waals surface area contributed by atoms with Crippen molar-refractivity contribution in [2.75, 3.05) is 20.3 Å². The predicted octanol–water partition coefficient (Wildman–Crippen LogP) is 4.08. The Morgan fingerprint density at radius 3 is 2.74 bits per heavy atom. The van der Waals surface area contributed by atoms with Crippen LogP contribution in [0.25, 0.3) is 10.6 Å². The maximum absolute atomic E-state index is 12.7. The Kier molecular flexibility index (Phi) is 7.20. The number of aromatic nitrogens is 1. The van der Waals surface area contributed by atoms with Crippen molar-refractivity contribution >= 4 is 28.6 Å². The molecule has 126 valence electrons. The number of carbonyl (C=O) groups is 1. The fourth-order valence-electron chi connectivity index (χ4n) is 2.59. The summed E-state index contributed by atoms with van der Waals surface area (Å²) < 4.78 is 5.16. The van der Waals surface area contributed by atoms with Crippen LogP contribution < -0.4 is 0 Å². The average molecular weight is 353 g/mol. The van der Waals surface area contributed by atoms with Crippen LogP contribution in [0.4, 0.5) is 0 Å². The molecule has 0 aromatic carbocycles. The monoisotopic (exact) mass is 352 g/mol. The van der Waals surface area contributed by atoms with E-state index >= 15 is 0 Å². The molecule has 2 aromatic rings. The number of thiazole rings is 1. The first kappa shape index (κ1) is 18.1. The van der Waals surface area contributed by atoms with Crippen LogP contribution in [0.2, 0.25) is 0 Å². The zero-order valence-electron chi connectivity index (χ0n) is 13.9. The van der Waals surface area contributed by atoms with Crippen LogP contribution in [0.5, 0.6) is 0 Å². The summed E-state index contributed by atoms with van der Waals surface area (Å²) in [5.74, 6) is 0.137. The highest BCUT2D eigenvalue weighted by molar-refractivity contribution is 7.14.